The number of hydrogen-bond acceptors (Lipinski definition) is 4. The van der Waals surface area contributed by atoms with Gasteiger partial charge in [0.2, 0.25) is 5.91 Å². The SMILES string of the molecule is NCCCCC(NC(=O)CNCc1ccccc1Cl)C(=O)O. The van der Waals surface area contributed by atoms with Crippen molar-refractivity contribution in [3.05, 3.63) is 34.9 Å². The molecule has 0 aliphatic carbocycles. The Labute approximate surface area is 135 Å². The monoisotopic (exact) mass is 327 g/mol. The minimum Gasteiger partial charge on any atom is -0.480 e. The van der Waals surface area contributed by atoms with Crippen LogP contribution >= 0.6 is 11.6 Å². The topological polar surface area (TPSA) is 104 Å². The number of hydrogen-bond donors (Lipinski definition) is 4. The van der Waals surface area contributed by atoms with Crippen LogP contribution in [0.3, 0.4) is 0 Å². The third-order valence-electron chi connectivity index (χ3n) is 3.14. The Morgan fingerprint density at radius 1 is 1.27 bits per heavy atom. The second-order valence-corrected chi connectivity index (χ2v) is 5.34. The molecule has 7 heteroatoms. The van der Waals surface area contributed by atoms with E-state index in [9.17, 15) is 9.59 Å². The van der Waals surface area contributed by atoms with Crippen LogP contribution in [0.15, 0.2) is 24.3 Å². The van der Waals surface area contributed by atoms with E-state index in [0.29, 0.717) is 31.0 Å². The molecule has 1 amide bonds. The zero-order valence-corrected chi connectivity index (χ0v) is 13.1. The second-order valence-electron chi connectivity index (χ2n) is 4.94. The molecule has 0 radical (unpaired) electrons. The van der Waals surface area contributed by atoms with Crippen LogP contribution < -0.4 is 16.4 Å². The number of benzene rings is 1. The van der Waals surface area contributed by atoms with Crippen molar-refractivity contribution < 1.29 is 14.7 Å². The predicted octanol–water partition coefficient (Wildman–Crippen LogP) is 1.13. The van der Waals surface area contributed by atoms with Gasteiger partial charge >= 0.3 is 5.97 Å². The molecule has 1 aromatic rings. The summed E-state index contributed by atoms with van der Waals surface area (Å²) in [6.07, 6.45) is 1.79. The quantitative estimate of drug-likeness (QED) is 0.482. The molecule has 1 aromatic carbocycles. The van der Waals surface area contributed by atoms with E-state index in [2.05, 4.69) is 10.6 Å². The van der Waals surface area contributed by atoms with Crippen molar-refractivity contribution in [2.45, 2.75) is 31.8 Å². The molecule has 0 aromatic heterocycles. The highest BCUT2D eigenvalue weighted by atomic mass is 35.5. The summed E-state index contributed by atoms with van der Waals surface area (Å²) in [6.45, 7) is 0.990. The molecule has 122 valence electrons. The summed E-state index contributed by atoms with van der Waals surface area (Å²) >= 11 is 6.01. The van der Waals surface area contributed by atoms with E-state index in [1.165, 1.54) is 0 Å². The first-order valence-corrected chi connectivity index (χ1v) is 7.58. The maximum Gasteiger partial charge on any atom is 0.326 e. The lowest BCUT2D eigenvalue weighted by molar-refractivity contribution is -0.141. The number of amides is 1. The van der Waals surface area contributed by atoms with Gasteiger partial charge in [0.05, 0.1) is 6.54 Å². The fourth-order valence-corrected chi connectivity index (χ4v) is 2.15. The lowest BCUT2D eigenvalue weighted by atomic mass is 10.1. The van der Waals surface area contributed by atoms with E-state index in [0.717, 1.165) is 12.0 Å². The van der Waals surface area contributed by atoms with Crippen LogP contribution in [0, 0.1) is 0 Å². The van der Waals surface area contributed by atoms with Crippen LogP contribution in [0.2, 0.25) is 5.02 Å². The van der Waals surface area contributed by atoms with Crippen molar-refractivity contribution in [1.82, 2.24) is 10.6 Å². The molecular formula is C15H22ClN3O3. The molecule has 0 heterocycles. The van der Waals surface area contributed by atoms with Crippen molar-refractivity contribution >= 4 is 23.5 Å². The molecule has 0 bridgehead atoms. The average Bonchev–Trinajstić information content (AvgIpc) is 2.48. The summed E-state index contributed by atoms with van der Waals surface area (Å²) < 4.78 is 0. The third-order valence-corrected chi connectivity index (χ3v) is 3.51. The average molecular weight is 328 g/mol. The molecule has 5 N–H and O–H groups in total. The van der Waals surface area contributed by atoms with Crippen molar-refractivity contribution in [3.8, 4) is 0 Å². The van der Waals surface area contributed by atoms with Crippen molar-refractivity contribution in [2.24, 2.45) is 5.73 Å². The Bertz CT molecular complexity index is 497. The highest BCUT2D eigenvalue weighted by molar-refractivity contribution is 6.31. The molecule has 0 aliphatic rings. The largest absolute Gasteiger partial charge is 0.480 e. The van der Waals surface area contributed by atoms with Crippen molar-refractivity contribution in [3.63, 3.8) is 0 Å². The number of halogens is 1. The van der Waals surface area contributed by atoms with Crippen molar-refractivity contribution in [1.29, 1.82) is 0 Å². The van der Waals surface area contributed by atoms with E-state index in [-0.39, 0.29) is 12.5 Å². The minimum absolute atomic E-state index is 0.0336. The normalized spacial score (nSPS) is 11.9. The number of carboxylic acid groups (broad SMARTS) is 1. The van der Waals surface area contributed by atoms with Crippen LogP contribution in [0.25, 0.3) is 0 Å². The number of nitrogens with two attached hydrogens (primary N) is 1. The van der Waals surface area contributed by atoms with Gasteiger partial charge in [-0.2, -0.15) is 0 Å². The van der Waals surface area contributed by atoms with E-state index >= 15 is 0 Å². The van der Waals surface area contributed by atoms with Crippen LogP contribution in [0.1, 0.15) is 24.8 Å². The molecule has 0 saturated heterocycles. The van der Waals surface area contributed by atoms with E-state index in [1.807, 2.05) is 18.2 Å². The van der Waals surface area contributed by atoms with Crippen LogP contribution in [-0.2, 0) is 16.1 Å². The number of nitrogens with one attached hydrogen (secondary N) is 2. The lowest BCUT2D eigenvalue weighted by Crippen LogP contribution is -2.44. The van der Waals surface area contributed by atoms with Gasteiger partial charge in [-0.3, -0.25) is 4.79 Å². The summed E-state index contributed by atoms with van der Waals surface area (Å²) in [7, 11) is 0. The maximum absolute atomic E-state index is 11.8. The maximum atomic E-state index is 11.8. The lowest BCUT2D eigenvalue weighted by Gasteiger charge is -2.14. The van der Waals surface area contributed by atoms with Gasteiger partial charge in [-0.1, -0.05) is 29.8 Å². The number of carboxylic acids is 1. The van der Waals surface area contributed by atoms with Gasteiger partial charge in [0.15, 0.2) is 0 Å². The summed E-state index contributed by atoms with van der Waals surface area (Å²) in [5.74, 6) is -1.39. The number of aliphatic carboxylic acids is 1. The zero-order chi connectivity index (χ0) is 16.4. The Kier molecular flexibility index (Phi) is 8.50. The molecule has 1 rings (SSSR count). The van der Waals surface area contributed by atoms with Crippen molar-refractivity contribution in [2.75, 3.05) is 13.1 Å². The number of unbranched alkanes of at least 4 members (excludes halogenated alkanes) is 1. The van der Waals surface area contributed by atoms with Crippen LogP contribution in [0.5, 0.6) is 0 Å². The molecule has 22 heavy (non-hydrogen) atoms. The fraction of sp³-hybridized carbons (Fsp3) is 0.467. The first-order chi connectivity index (χ1) is 10.5. The Morgan fingerprint density at radius 3 is 2.64 bits per heavy atom. The van der Waals surface area contributed by atoms with Crippen LogP contribution in [0.4, 0.5) is 0 Å². The first-order valence-electron chi connectivity index (χ1n) is 7.21. The highest BCUT2D eigenvalue weighted by Crippen LogP contribution is 2.14. The molecule has 1 atom stereocenters. The highest BCUT2D eigenvalue weighted by Gasteiger charge is 2.18. The standard InChI is InChI=1S/C15H22ClN3O3/c16-12-6-2-1-5-11(12)9-18-10-14(20)19-13(15(21)22)7-3-4-8-17/h1-2,5-6,13,18H,3-4,7-10,17H2,(H,19,20)(H,21,22). The van der Waals surface area contributed by atoms with Gasteiger partial charge < -0.3 is 21.5 Å². The Morgan fingerprint density at radius 2 is 2.00 bits per heavy atom. The van der Waals surface area contributed by atoms with Gasteiger partial charge in [-0.15, -0.1) is 0 Å². The third kappa shape index (κ3) is 6.89. The van der Waals surface area contributed by atoms with Gasteiger partial charge in [0.25, 0.3) is 0 Å². The predicted molar refractivity (Wildman–Crippen MR) is 85.6 cm³/mol. The van der Waals surface area contributed by atoms with Crippen LogP contribution in [-0.4, -0.2) is 36.1 Å². The molecular weight excluding hydrogens is 306 g/mol. The molecule has 0 spiro atoms. The number of carbonyl (C=O) groups excluding carboxylic acids is 1. The molecule has 1 unspecified atom stereocenters. The molecule has 0 fully saturated rings. The smallest absolute Gasteiger partial charge is 0.326 e. The summed E-state index contributed by atoms with van der Waals surface area (Å²) in [4.78, 5) is 22.9. The number of rotatable bonds is 10. The number of carbonyl (C=O) groups is 2. The Balaban J connectivity index is 2.34. The van der Waals surface area contributed by atoms with Gasteiger partial charge in [0.1, 0.15) is 6.04 Å². The van der Waals surface area contributed by atoms with E-state index < -0.39 is 12.0 Å². The van der Waals surface area contributed by atoms with E-state index in [4.69, 9.17) is 22.4 Å². The summed E-state index contributed by atoms with van der Waals surface area (Å²) in [6, 6.07) is 6.45. The first kappa shape index (κ1) is 18.4. The van der Waals surface area contributed by atoms with Gasteiger partial charge in [-0.05, 0) is 37.4 Å². The Hall–Kier alpha value is -1.63. The van der Waals surface area contributed by atoms with E-state index in [1.54, 1.807) is 6.07 Å². The molecule has 0 aliphatic heterocycles. The second kappa shape index (κ2) is 10.2. The van der Waals surface area contributed by atoms with Gasteiger partial charge in [0, 0.05) is 11.6 Å². The summed E-state index contributed by atoms with van der Waals surface area (Å²) in [5, 5.41) is 15.1. The molecule has 0 saturated carbocycles. The minimum atomic E-state index is -1.03. The van der Waals surface area contributed by atoms with Gasteiger partial charge in [-0.25, -0.2) is 4.79 Å². The zero-order valence-electron chi connectivity index (χ0n) is 12.3. The summed E-state index contributed by atoms with van der Waals surface area (Å²) in [5.41, 5.74) is 6.25. The molecule has 6 nitrogen and oxygen atoms in total. The fourth-order valence-electron chi connectivity index (χ4n) is 1.95.